The van der Waals surface area contributed by atoms with Gasteiger partial charge in [-0.2, -0.15) is 0 Å². The minimum absolute atomic E-state index is 0.0176. The first kappa shape index (κ1) is 17.9. The van der Waals surface area contributed by atoms with Crippen LogP contribution < -0.4 is 9.47 Å². The normalized spacial score (nSPS) is 12.8. The lowest BCUT2D eigenvalue weighted by Crippen LogP contribution is -2.14. The number of ether oxygens (including phenoxy) is 3. The molecule has 0 N–H and O–H groups in total. The van der Waals surface area contributed by atoms with Crippen molar-refractivity contribution < 1.29 is 23.9 Å². The summed E-state index contributed by atoms with van der Waals surface area (Å²) in [6.45, 7) is 2.11. The summed E-state index contributed by atoms with van der Waals surface area (Å²) in [5.41, 5.74) is 2.29. The Morgan fingerprint density at radius 2 is 2.04 bits per heavy atom. The van der Waals surface area contributed by atoms with Crippen molar-refractivity contribution in [3.63, 3.8) is 0 Å². The summed E-state index contributed by atoms with van der Waals surface area (Å²) < 4.78 is 16.4. The number of nitro benzene ring substituents is 1. The molecule has 0 spiro atoms. The summed E-state index contributed by atoms with van der Waals surface area (Å²) in [5.74, 6) is 1.38. The Morgan fingerprint density at radius 1 is 1.27 bits per heavy atom. The van der Waals surface area contributed by atoms with Crippen LogP contribution in [-0.2, 0) is 29.2 Å². The molecular weight excluding hydrogens is 338 g/mol. The van der Waals surface area contributed by atoms with E-state index in [2.05, 4.69) is 0 Å². The largest absolute Gasteiger partial charge is 0.489 e. The number of aryl methyl sites for hydroxylation is 1. The van der Waals surface area contributed by atoms with Crippen molar-refractivity contribution in [3.05, 3.63) is 63.2 Å². The third-order valence-corrected chi connectivity index (χ3v) is 4.07. The van der Waals surface area contributed by atoms with Crippen LogP contribution in [0.3, 0.4) is 0 Å². The Balaban J connectivity index is 1.72. The van der Waals surface area contributed by atoms with E-state index in [1.807, 2.05) is 24.3 Å². The van der Waals surface area contributed by atoms with Crippen LogP contribution in [0.1, 0.15) is 30.0 Å². The predicted molar refractivity (Wildman–Crippen MR) is 93.2 cm³/mol. The second-order valence-corrected chi connectivity index (χ2v) is 6.10. The molecule has 0 fully saturated rings. The van der Waals surface area contributed by atoms with E-state index >= 15 is 0 Å². The molecule has 7 nitrogen and oxygen atoms in total. The average molecular weight is 357 g/mol. The topological polar surface area (TPSA) is 87.9 Å². The summed E-state index contributed by atoms with van der Waals surface area (Å²) in [6.07, 6.45) is 1.21. The lowest BCUT2D eigenvalue weighted by molar-refractivity contribution is -0.385. The number of benzene rings is 2. The first-order valence-corrected chi connectivity index (χ1v) is 8.25. The number of ketones is 1. The van der Waals surface area contributed by atoms with Gasteiger partial charge in [0.05, 0.1) is 11.5 Å². The lowest BCUT2D eigenvalue weighted by atomic mass is 10.1. The molecule has 1 aliphatic heterocycles. The first-order valence-electron chi connectivity index (χ1n) is 8.25. The average Bonchev–Trinajstić information content (AvgIpc) is 2.65. The van der Waals surface area contributed by atoms with Crippen LogP contribution in [-0.4, -0.2) is 17.5 Å². The van der Waals surface area contributed by atoms with E-state index < -0.39 is 4.92 Å². The van der Waals surface area contributed by atoms with Crippen molar-refractivity contribution in [1.29, 1.82) is 0 Å². The summed E-state index contributed by atoms with van der Waals surface area (Å²) in [7, 11) is 0. The zero-order valence-electron chi connectivity index (χ0n) is 14.4. The monoisotopic (exact) mass is 357 g/mol. The molecule has 7 heteroatoms. The second-order valence-electron chi connectivity index (χ2n) is 6.10. The van der Waals surface area contributed by atoms with Crippen LogP contribution in [0.5, 0.6) is 11.5 Å². The Hall–Kier alpha value is -2.93. The molecule has 0 atom stereocenters. The fourth-order valence-electron chi connectivity index (χ4n) is 2.73. The maximum Gasteiger partial charge on any atom is 0.270 e. The van der Waals surface area contributed by atoms with E-state index in [1.54, 1.807) is 6.92 Å². The highest BCUT2D eigenvalue weighted by Crippen LogP contribution is 2.33. The zero-order chi connectivity index (χ0) is 18.5. The van der Waals surface area contributed by atoms with Gasteiger partial charge in [-0.1, -0.05) is 12.1 Å². The number of hydrogen-bond acceptors (Lipinski definition) is 6. The maximum absolute atomic E-state index is 11.1. The third-order valence-electron chi connectivity index (χ3n) is 4.07. The van der Waals surface area contributed by atoms with Gasteiger partial charge in [-0.3, -0.25) is 10.1 Å². The van der Waals surface area contributed by atoms with E-state index in [9.17, 15) is 14.9 Å². The van der Waals surface area contributed by atoms with Crippen LogP contribution in [0.15, 0.2) is 36.4 Å². The molecule has 26 heavy (non-hydrogen) atoms. The van der Waals surface area contributed by atoms with Gasteiger partial charge in [0, 0.05) is 29.7 Å². The highest BCUT2D eigenvalue weighted by molar-refractivity contribution is 5.75. The molecule has 0 aliphatic carbocycles. The number of non-ortho nitro benzene ring substituents is 1. The number of fused-ring (bicyclic) bond motifs is 1. The quantitative estimate of drug-likeness (QED) is 0.556. The number of carbonyl (C=O) groups excluding carboxylic acids is 1. The van der Waals surface area contributed by atoms with E-state index in [4.69, 9.17) is 14.2 Å². The zero-order valence-corrected chi connectivity index (χ0v) is 14.4. The van der Waals surface area contributed by atoms with Gasteiger partial charge in [0.2, 0.25) is 0 Å². The van der Waals surface area contributed by atoms with Crippen LogP contribution in [0, 0.1) is 10.1 Å². The van der Waals surface area contributed by atoms with Crippen LogP contribution >= 0.6 is 0 Å². The van der Waals surface area contributed by atoms with E-state index in [1.165, 1.54) is 12.1 Å². The smallest absolute Gasteiger partial charge is 0.270 e. The van der Waals surface area contributed by atoms with Crippen molar-refractivity contribution in [1.82, 2.24) is 0 Å². The summed E-state index contributed by atoms with van der Waals surface area (Å²) in [5, 5.41) is 11.1. The molecule has 2 aromatic carbocycles. The Bertz CT molecular complexity index is 816. The predicted octanol–water partition coefficient (Wildman–Crippen LogP) is 3.56. The van der Waals surface area contributed by atoms with Gasteiger partial charge in [0.25, 0.3) is 5.69 Å². The number of carbonyl (C=O) groups is 1. The molecule has 0 saturated carbocycles. The van der Waals surface area contributed by atoms with Gasteiger partial charge < -0.3 is 19.0 Å². The van der Waals surface area contributed by atoms with Gasteiger partial charge in [-0.25, -0.2) is 0 Å². The highest BCUT2D eigenvalue weighted by Gasteiger charge is 2.21. The molecule has 136 valence electrons. The number of nitro groups is 1. The Labute approximate surface area is 150 Å². The van der Waals surface area contributed by atoms with Crippen LogP contribution in [0.4, 0.5) is 5.69 Å². The van der Waals surface area contributed by atoms with E-state index in [-0.39, 0.29) is 31.5 Å². The minimum Gasteiger partial charge on any atom is -0.489 e. The van der Waals surface area contributed by atoms with Crippen molar-refractivity contribution in [2.45, 2.75) is 33.0 Å². The maximum atomic E-state index is 11.1. The fourth-order valence-corrected chi connectivity index (χ4v) is 2.73. The van der Waals surface area contributed by atoms with E-state index in [0.29, 0.717) is 35.5 Å². The highest BCUT2D eigenvalue weighted by atomic mass is 16.7. The van der Waals surface area contributed by atoms with Crippen molar-refractivity contribution in [2.75, 3.05) is 6.79 Å². The van der Waals surface area contributed by atoms with E-state index in [0.717, 1.165) is 5.56 Å². The molecule has 0 bridgehead atoms. The number of nitrogens with zero attached hydrogens (tertiary/aromatic N) is 1. The molecule has 0 amide bonds. The van der Waals surface area contributed by atoms with Gasteiger partial charge >= 0.3 is 0 Å². The molecular formula is C19H19NO6. The second kappa shape index (κ2) is 7.97. The third kappa shape index (κ3) is 4.37. The van der Waals surface area contributed by atoms with Crippen LogP contribution in [0.2, 0.25) is 0 Å². The van der Waals surface area contributed by atoms with Gasteiger partial charge in [0.15, 0.2) is 6.79 Å². The number of Topliss-reactive ketones (excluding diaryl/α,β-unsaturated/α-hetero) is 1. The lowest BCUT2D eigenvalue weighted by Gasteiger charge is -2.20. The van der Waals surface area contributed by atoms with Gasteiger partial charge in [-0.05, 0) is 31.0 Å². The summed E-state index contributed by atoms with van der Waals surface area (Å²) in [6, 6.07) is 10.4. The van der Waals surface area contributed by atoms with Gasteiger partial charge in [-0.15, -0.1) is 0 Å². The molecule has 0 radical (unpaired) electrons. The summed E-state index contributed by atoms with van der Waals surface area (Å²) >= 11 is 0. The molecule has 2 aromatic rings. The SMILES string of the molecule is CC(=O)CCc1ccc(OCc2cc([N+](=O)[O-])cc3c2OCOC3)cc1. The molecule has 1 heterocycles. The number of hydrogen-bond donors (Lipinski definition) is 0. The molecule has 1 aliphatic rings. The standard InChI is InChI=1S/C19H19NO6/c1-13(21)2-3-14-4-6-18(7-5-14)25-11-16-9-17(20(22)23)8-15-10-24-12-26-19(15)16/h4-9H,2-3,10-12H2,1H3. The summed E-state index contributed by atoms with van der Waals surface area (Å²) in [4.78, 5) is 21.7. The molecule has 0 saturated heterocycles. The first-order chi connectivity index (χ1) is 12.5. The molecule has 3 rings (SSSR count). The Morgan fingerprint density at radius 3 is 2.73 bits per heavy atom. The van der Waals surface area contributed by atoms with Gasteiger partial charge in [0.1, 0.15) is 23.9 Å². The molecule has 0 aromatic heterocycles. The van der Waals surface area contributed by atoms with Crippen molar-refractivity contribution in [2.24, 2.45) is 0 Å². The minimum atomic E-state index is -0.442. The van der Waals surface area contributed by atoms with Crippen molar-refractivity contribution in [3.8, 4) is 11.5 Å². The number of rotatable bonds is 7. The molecule has 0 unspecified atom stereocenters. The fraction of sp³-hybridized carbons (Fsp3) is 0.316. The Kier molecular flexibility index (Phi) is 5.48. The van der Waals surface area contributed by atoms with Crippen molar-refractivity contribution >= 4 is 11.5 Å². The van der Waals surface area contributed by atoms with Crippen LogP contribution in [0.25, 0.3) is 0 Å².